The lowest BCUT2D eigenvalue weighted by molar-refractivity contribution is -0.160. The maximum absolute atomic E-state index is 11.5. The van der Waals surface area contributed by atoms with E-state index < -0.39 is 0 Å². The van der Waals surface area contributed by atoms with Crippen molar-refractivity contribution in [3.8, 4) is 0 Å². The van der Waals surface area contributed by atoms with Gasteiger partial charge in [0.25, 0.3) is 0 Å². The first kappa shape index (κ1) is 22.9. The maximum atomic E-state index is 11.5. The molecule has 0 amide bonds. The summed E-state index contributed by atoms with van der Waals surface area (Å²) in [5.41, 5.74) is 2.19. The Labute approximate surface area is 196 Å². The minimum atomic E-state index is -0.103. The number of carbonyl (C=O) groups is 1. The van der Waals surface area contributed by atoms with E-state index in [0.29, 0.717) is 29.0 Å². The van der Waals surface area contributed by atoms with Gasteiger partial charge in [0.2, 0.25) is 0 Å². The van der Waals surface area contributed by atoms with Gasteiger partial charge in [-0.2, -0.15) is 0 Å². The monoisotopic (exact) mass is 442 g/mol. The summed E-state index contributed by atoms with van der Waals surface area (Å²) in [6, 6.07) is 0. The third-order valence-electron chi connectivity index (χ3n) is 11.4. The molecule has 0 aromatic heterocycles. The average molecular weight is 443 g/mol. The van der Waals surface area contributed by atoms with E-state index in [1.807, 2.05) is 0 Å². The van der Waals surface area contributed by atoms with Crippen LogP contribution in [0.5, 0.6) is 0 Å². The van der Waals surface area contributed by atoms with Gasteiger partial charge in [0, 0.05) is 6.92 Å². The zero-order valence-corrected chi connectivity index (χ0v) is 21.2. The zero-order chi connectivity index (χ0) is 22.8. The van der Waals surface area contributed by atoms with Crippen LogP contribution >= 0.6 is 0 Å². The molecule has 0 bridgehead atoms. The topological polar surface area (TPSA) is 35.5 Å². The van der Waals surface area contributed by atoms with Crippen LogP contribution in [0.3, 0.4) is 0 Å². The van der Waals surface area contributed by atoms with Gasteiger partial charge in [-0.05, 0) is 117 Å². The zero-order valence-electron chi connectivity index (χ0n) is 21.2. The number of rotatable bonds is 4. The summed E-state index contributed by atoms with van der Waals surface area (Å²) in [4.78, 5) is 11.5. The predicted octanol–water partition coefficient (Wildman–Crippen LogP) is 6.95. The van der Waals surface area contributed by atoms with Gasteiger partial charge in [-0.25, -0.2) is 0 Å². The molecule has 5 rings (SSSR count). The van der Waals surface area contributed by atoms with Gasteiger partial charge in [0.15, 0.2) is 0 Å². The smallest absolute Gasteiger partial charge is 0.302 e. The molecule has 1 aliphatic heterocycles. The second kappa shape index (κ2) is 8.14. The third-order valence-corrected chi connectivity index (χ3v) is 11.4. The fourth-order valence-electron chi connectivity index (χ4n) is 9.97. The van der Waals surface area contributed by atoms with E-state index in [2.05, 4.69) is 34.3 Å². The molecule has 0 aromatic rings. The molecule has 11 atom stereocenters. The Morgan fingerprint density at radius 1 is 1.03 bits per heavy atom. The molecule has 0 N–H and O–H groups in total. The normalized spacial score (nSPS) is 51.8. The SMILES string of the molecule is C=C(C)CCC1O[C@H]2C[C@H]3[C@@H]4CCC5CC(OC(C)=O)CC[C@]5(C)[C@H]4CC[C@]3(C)[C@H]2[C@@H]1C. The van der Waals surface area contributed by atoms with Crippen LogP contribution in [0, 0.1) is 46.3 Å². The molecule has 1 saturated heterocycles. The largest absolute Gasteiger partial charge is 0.463 e. The van der Waals surface area contributed by atoms with Gasteiger partial charge in [-0.3, -0.25) is 4.79 Å². The lowest BCUT2D eigenvalue weighted by Crippen LogP contribution is -2.54. The summed E-state index contributed by atoms with van der Waals surface area (Å²) in [5.74, 6) is 4.61. The van der Waals surface area contributed by atoms with Gasteiger partial charge in [0.05, 0.1) is 12.2 Å². The van der Waals surface area contributed by atoms with Gasteiger partial charge >= 0.3 is 5.97 Å². The first-order chi connectivity index (χ1) is 15.1. The third kappa shape index (κ3) is 3.51. The van der Waals surface area contributed by atoms with Crippen LogP contribution in [0.25, 0.3) is 0 Å². The van der Waals surface area contributed by atoms with E-state index in [0.717, 1.165) is 55.3 Å². The molecule has 3 nitrogen and oxygen atoms in total. The summed E-state index contributed by atoms with van der Waals surface area (Å²) < 4.78 is 12.4. The Morgan fingerprint density at radius 3 is 2.50 bits per heavy atom. The minimum absolute atomic E-state index is 0.103. The van der Waals surface area contributed by atoms with Crippen LogP contribution in [0.4, 0.5) is 0 Å². The predicted molar refractivity (Wildman–Crippen MR) is 128 cm³/mol. The Kier molecular flexibility index (Phi) is 5.83. The molecule has 180 valence electrons. The van der Waals surface area contributed by atoms with Crippen LogP contribution in [0.2, 0.25) is 0 Å². The molecule has 0 aromatic carbocycles. The molecule has 3 heteroatoms. The van der Waals surface area contributed by atoms with E-state index in [1.54, 1.807) is 6.92 Å². The number of ether oxygens (including phenoxy) is 2. The molecule has 0 radical (unpaired) electrons. The van der Waals surface area contributed by atoms with Crippen LogP contribution < -0.4 is 0 Å². The van der Waals surface area contributed by atoms with Crippen molar-refractivity contribution >= 4 is 5.97 Å². The number of hydrogen-bond donors (Lipinski definition) is 0. The minimum Gasteiger partial charge on any atom is -0.463 e. The highest BCUT2D eigenvalue weighted by atomic mass is 16.5. The van der Waals surface area contributed by atoms with Crippen molar-refractivity contribution in [2.45, 2.75) is 117 Å². The Morgan fingerprint density at radius 2 is 1.78 bits per heavy atom. The first-order valence-electron chi connectivity index (χ1n) is 13.6. The van der Waals surface area contributed by atoms with E-state index in [1.165, 1.54) is 44.1 Å². The van der Waals surface area contributed by atoms with E-state index in [4.69, 9.17) is 9.47 Å². The highest BCUT2D eigenvalue weighted by Gasteiger charge is 2.65. The van der Waals surface area contributed by atoms with E-state index in [9.17, 15) is 4.79 Å². The standard InChI is InChI=1S/C29H46O3/c1-17(2)7-10-25-18(3)27-26(32-25)16-24-22-9-8-20-15-21(31-19(4)30)11-13-28(20,5)23(22)12-14-29(24,27)6/h18,20-27H,1,7-16H2,2-6H3/t18-,20?,21?,22-,23+,24+,25?,26+,27+,28+,29+/m1/s1. The average Bonchev–Trinajstić information content (AvgIpc) is 3.20. The molecule has 32 heavy (non-hydrogen) atoms. The lowest BCUT2D eigenvalue weighted by atomic mass is 9.44. The Hall–Kier alpha value is -0.830. The second-order valence-corrected chi connectivity index (χ2v) is 13.0. The molecule has 4 aliphatic carbocycles. The summed E-state index contributed by atoms with van der Waals surface area (Å²) in [6.07, 6.45) is 13.5. The second-order valence-electron chi connectivity index (χ2n) is 13.0. The van der Waals surface area contributed by atoms with Crippen LogP contribution in [-0.4, -0.2) is 24.3 Å². The Bertz CT molecular complexity index is 760. The number of fused-ring (bicyclic) bond motifs is 7. The van der Waals surface area contributed by atoms with Gasteiger partial charge in [-0.15, -0.1) is 6.58 Å². The van der Waals surface area contributed by atoms with Crippen LogP contribution in [0.1, 0.15) is 98.8 Å². The number of hydrogen-bond acceptors (Lipinski definition) is 3. The maximum Gasteiger partial charge on any atom is 0.302 e. The lowest BCUT2D eigenvalue weighted by Gasteiger charge is -2.61. The van der Waals surface area contributed by atoms with Crippen molar-refractivity contribution in [1.29, 1.82) is 0 Å². The summed E-state index contributed by atoms with van der Waals surface area (Å²) >= 11 is 0. The van der Waals surface area contributed by atoms with Crippen LogP contribution in [-0.2, 0) is 14.3 Å². The van der Waals surface area contributed by atoms with Crippen molar-refractivity contribution < 1.29 is 14.3 Å². The molecule has 1 heterocycles. The van der Waals surface area contributed by atoms with Crippen molar-refractivity contribution in [1.82, 2.24) is 0 Å². The number of carbonyl (C=O) groups excluding carboxylic acids is 1. The van der Waals surface area contributed by atoms with Crippen molar-refractivity contribution in [2.24, 2.45) is 46.3 Å². The highest BCUT2D eigenvalue weighted by molar-refractivity contribution is 5.66. The molecule has 5 aliphatic rings. The summed E-state index contributed by atoms with van der Waals surface area (Å²) in [6.45, 7) is 15.6. The van der Waals surface area contributed by atoms with Gasteiger partial charge in [-0.1, -0.05) is 26.3 Å². The van der Waals surface area contributed by atoms with Crippen molar-refractivity contribution in [2.75, 3.05) is 0 Å². The first-order valence-corrected chi connectivity index (χ1v) is 13.6. The Balaban J connectivity index is 1.31. The van der Waals surface area contributed by atoms with Gasteiger partial charge < -0.3 is 9.47 Å². The fourth-order valence-corrected chi connectivity index (χ4v) is 9.97. The molecule has 5 fully saturated rings. The molecule has 3 unspecified atom stereocenters. The number of allylic oxidation sites excluding steroid dienone is 1. The molecular formula is C29H46O3. The summed E-state index contributed by atoms with van der Waals surface area (Å²) in [5, 5.41) is 0. The quantitative estimate of drug-likeness (QED) is 0.349. The molecule has 0 spiro atoms. The number of esters is 1. The highest BCUT2D eigenvalue weighted by Crippen LogP contribution is 2.70. The van der Waals surface area contributed by atoms with Gasteiger partial charge in [0.1, 0.15) is 6.10 Å². The summed E-state index contributed by atoms with van der Waals surface area (Å²) in [7, 11) is 0. The molecular weight excluding hydrogens is 396 g/mol. The van der Waals surface area contributed by atoms with Crippen LogP contribution in [0.15, 0.2) is 12.2 Å². The van der Waals surface area contributed by atoms with E-state index in [-0.39, 0.29) is 12.1 Å². The van der Waals surface area contributed by atoms with E-state index >= 15 is 0 Å². The fraction of sp³-hybridized carbons (Fsp3) is 0.897. The van der Waals surface area contributed by atoms with Crippen molar-refractivity contribution in [3.63, 3.8) is 0 Å². The van der Waals surface area contributed by atoms with Crippen molar-refractivity contribution in [3.05, 3.63) is 12.2 Å². The molecule has 4 saturated carbocycles.